The van der Waals surface area contributed by atoms with Gasteiger partial charge in [0.25, 0.3) is 11.5 Å². The van der Waals surface area contributed by atoms with Gasteiger partial charge in [0.05, 0.1) is 11.9 Å². The van der Waals surface area contributed by atoms with Crippen LogP contribution in [0.25, 0.3) is 16.7 Å². The van der Waals surface area contributed by atoms with Crippen molar-refractivity contribution in [2.75, 3.05) is 5.43 Å². The molecule has 0 spiro atoms. The minimum atomic E-state index is -0.832. The minimum absolute atomic E-state index is 0.203. The van der Waals surface area contributed by atoms with E-state index in [0.717, 1.165) is 4.68 Å². The highest BCUT2D eigenvalue weighted by molar-refractivity contribution is 5.88. The number of nitrogens with zero attached hydrogens (tertiary/aromatic N) is 4. The molecule has 0 fully saturated rings. The molecule has 0 saturated carbocycles. The number of amides is 1. The Labute approximate surface area is 164 Å². The smallest absolute Gasteiger partial charge is 0.283 e. The quantitative estimate of drug-likeness (QED) is 0.562. The Balaban J connectivity index is 1.57. The van der Waals surface area contributed by atoms with E-state index in [1.807, 2.05) is 6.07 Å². The zero-order valence-electron chi connectivity index (χ0n) is 15.3. The third-order valence-corrected chi connectivity index (χ3v) is 4.22. The van der Waals surface area contributed by atoms with Crippen LogP contribution in [0, 0.1) is 5.82 Å². The standard InChI is InChI=1S/C20H16FN5O3/c1-13(29-16-5-3-2-4-6-16)19(27)24-25-12-22-18-17(20(25)28)11-23-26(18)15-9-7-14(21)8-10-15/h2-13H,1H3,(H,24,27). The Morgan fingerprint density at radius 3 is 2.59 bits per heavy atom. The van der Waals surface area contributed by atoms with Crippen molar-refractivity contribution < 1.29 is 13.9 Å². The Kier molecular flexibility index (Phi) is 4.78. The molecular weight excluding hydrogens is 377 g/mol. The number of rotatable bonds is 5. The molecule has 2 aromatic carbocycles. The zero-order valence-corrected chi connectivity index (χ0v) is 15.3. The lowest BCUT2D eigenvalue weighted by molar-refractivity contribution is -0.123. The minimum Gasteiger partial charge on any atom is -0.481 e. The number of carbonyl (C=O) groups excluding carboxylic acids is 1. The number of fused-ring (bicyclic) bond motifs is 1. The maximum atomic E-state index is 13.1. The summed E-state index contributed by atoms with van der Waals surface area (Å²) in [6.45, 7) is 1.58. The number of nitrogens with one attached hydrogen (secondary N) is 1. The summed E-state index contributed by atoms with van der Waals surface area (Å²) < 4.78 is 21.1. The molecule has 0 aliphatic heterocycles. The van der Waals surface area contributed by atoms with Crippen LogP contribution in [0.5, 0.6) is 5.75 Å². The third kappa shape index (κ3) is 3.70. The van der Waals surface area contributed by atoms with Crippen molar-refractivity contribution in [2.24, 2.45) is 0 Å². The molecule has 0 aliphatic carbocycles. The van der Waals surface area contributed by atoms with Gasteiger partial charge in [0.15, 0.2) is 11.8 Å². The Hall–Kier alpha value is -4.01. The zero-order chi connectivity index (χ0) is 20.4. The van der Waals surface area contributed by atoms with Crippen LogP contribution in [0.15, 0.2) is 71.9 Å². The van der Waals surface area contributed by atoms with E-state index in [1.54, 1.807) is 31.2 Å². The highest BCUT2D eigenvalue weighted by atomic mass is 19.1. The molecule has 0 radical (unpaired) electrons. The molecule has 146 valence electrons. The lowest BCUT2D eigenvalue weighted by Gasteiger charge is -2.15. The summed E-state index contributed by atoms with van der Waals surface area (Å²) >= 11 is 0. The molecule has 1 N–H and O–H groups in total. The molecule has 1 atom stereocenters. The summed E-state index contributed by atoms with van der Waals surface area (Å²) in [4.78, 5) is 29.3. The molecule has 1 amide bonds. The van der Waals surface area contributed by atoms with Crippen molar-refractivity contribution in [3.8, 4) is 11.4 Å². The number of hydrogen-bond acceptors (Lipinski definition) is 5. The van der Waals surface area contributed by atoms with E-state index < -0.39 is 17.6 Å². The summed E-state index contributed by atoms with van der Waals surface area (Å²) in [6, 6.07) is 14.5. The number of para-hydroxylation sites is 1. The van der Waals surface area contributed by atoms with Crippen LogP contribution in [0.2, 0.25) is 0 Å². The van der Waals surface area contributed by atoms with Crippen LogP contribution >= 0.6 is 0 Å². The molecule has 1 unspecified atom stereocenters. The van der Waals surface area contributed by atoms with Gasteiger partial charge in [0, 0.05) is 0 Å². The fraction of sp³-hybridized carbons (Fsp3) is 0.100. The maximum Gasteiger partial charge on any atom is 0.283 e. The van der Waals surface area contributed by atoms with Crippen molar-refractivity contribution in [1.82, 2.24) is 19.4 Å². The van der Waals surface area contributed by atoms with Crippen LogP contribution in [0.4, 0.5) is 4.39 Å². The van der Waals surface area contributed by atoms with Gasteiger partial charge in [-0.05, 0) is 43.3 Å². The molecule has 8 nitrogen and oxygen atoms in total. The molecule has 4 rings (SSSR count). The van der Waals surface area contributed by atoms with E-state index in [0.29, 0.717) is 17.1 Å². The number of carbonyl (C=O) groups is 1. The lowest BCUT2D eigenvalue weighted by atomic mass is 10.3. The second-order valence-corrected chi connectivity index (χ2v) is 6.24. The normalized spacial score (nSPS) is 11.9. The number of benzene rings is 2. The van der Waals surface area contributed by atoms with Crippen molar-refractivity contribution in [1.29, 1.82) is 0 Å². The monoisotopic (exact) mass is 393 g/mol. The molecule has 9 heteroatoms. The second-order valence-electron chi connectivity index (χ2n) is 6.24. The first-order chi connectivity index (χ1) is 14.0. The average Bonchev–Trinajstić information content (AvgIpc) is 3.16. The summed E-state index contributed by atoms with van der Waals surface area (Å²) in [5, 5.41) is 4.35. The van der Waals surface area contributed by atoms with Gasteiger partial charge in [-0.2, -0.15) is 5.10 Å². The van der Waals surface area contributed by atoms with Gasteiger partial charge >= 0.3 is 0 Å². The molecule has 0 aliphatic rings. The molecule has 2 aromatic heterocycles. The van der Waals surface area contributed by atoms with Crippen LogP contribution in [0.1, 0.15) is 6.92 Å². The molecular formula is C20H16FN5O3. The fourth-order valence-electron chi connectivity index (χ4n) is 2.73. The molecule has 4 aromatic rings. The van der Waals surface area contributed by atoms with Crippen molar-refractivity contribution in [3.05, 3.63) is 83.3 Å². The molecule has 29 heavy (non-hydrogen) atoms. The van der Waals surface area contributed by atoms with E-state index >= 15 is 0 Å². The van der Waals surface area contributed by atoms with Crippen molar-refractivity contribution in [3.63, 3.8) is 0 Å². The SMILES string of the molecule is CC(Oc1ccccc1)C(=O)Nn1cnc2c(cnn2-c2ccc(F)cc2)c1=O. The van der Waals surface area contributed by atoms with Gasteiger partial charge in [-0.25, -0.2) is 18.7 Å². The first-order valence-electron chi connectivity index (χ1n) is 8.77. The topological polar surface area (TPSA) is 91.0 Å². The summed E-state index contributed by atoms with van der Waals surface area (Å²) in [5.74, 6) is -0.352. The van der Waals surface area contributed by atoms with Crippen LogP contribution in [-0.4, -0.2) is 31.5 Å². The number of hydrogen-bond donors (Lipinski definition) is 1. The lowest BCUT2D eigenvalue weighted by Crippen LogP contribution is -2.39. The Bertz CT molecular complexity index is 1220. The first kappa shape index (κ1) is 18.4. The summed E-state index contributed by atoms with van der Waals surface area (Å²) in [6.07, 6.45) is 1.71. The highest BCUT2D eigenvalue weighted by Crippen LogP contribution is 2.14. The van der Waals surface area contributed by atoms with Crippen LogP contribution in [-0.2, 0) is 4.79 Å². The van der Waals surface area contributed by atoms with Gasteiger partial charge < -0.3 is 4.74 Å². The predicted octanol–water partition coefficient (Wildman–Crippen LogP) is 2.26. The maximum absolute atomic E-state index is 13.1. The van der Waals surface area contributed by atoms with E-state index in [4.69, 9.17) is 4.74 Å². The van der Waals surface area contributed by atoms with E-state index in [2.05, 4.69) is 15.5 Å². The molecule has 0 bridgehead atoms. The number of halogens is 1. The van der Waals surface area contributed by atoms with Gasteiger partial charge in [-0.1, -0.05) is 18.2 Å². The number of aromatic nitrogens is 4. The van der Waals surface area contributed by atoms with E-state index in [-0.39, 0.29) is 11.2 Å². The summed E-state index contributed by atoms with van der Waals surface area (Å²) in [7, 11) is 0. The van der Waals surface area contributed by atoms with Crippen molar-refractivity contribution >= 4 is 16.9 Å². The summed E-state index contributed by atoms with van der Waals surface area (Å²) in [5.41, 5.74) is 2.82. The van der Waals surface area contributed by atoms with Gasteiger partial charge in [0.2, 0.25) is 0 Å². The largest absolute Gasteiger partial charge is 0.481 e. The van der Waals surface area contributed by atoms with Crippen LogP contribution in [0.3, 0.4) is 0 Å². The Morgan fingerprint density at radius 2 is 1.86 bits per heavy atom. The van der Waals surface area contributed by atoms with E-state index in [9.17, 15) is 14.0 Å². The van der Waals surface area contributed by atoms with Gasteiger partial charge in [-0.15, -0.1) is 0 Å². The van der Waals surface area contributed by atoms with E-state index in [1.165, 1.54) is 41.5 Å². The van der Waals surface area contributed by atoms with Crippen LogP contribution < -0.4 is 15.7 Å². The van der Waals surface area contributed by atoms with Gasteiger partial charge in [-0.3, -0.25) is 15.0 Å². The van der Waals surface area contributed by atoms with Gasteiger partial charge in [0.1, 0.15) is 23.3 Å². The average molecular weight is 393 g/mol. The first-order valence-corrected chi connectivity index (χ1v) is 8.77. The molecule has 2 heterocycles. The second kappa shape index (κ2) is 7.55. The predicted molar refractivity (Wildman–Crippen MR) is 104 cm³/mol. The number of ether oxygens (including phenoxy) is 1. The molecule has 0 saturated heterocycles. The van der Waals surface area contributed by atoms with Crippen molar-refractivity contribution in [2.45, 2.75) is 13.0 Å². The highest BCUT2D eigenvalue weighted by Gasteiger charge is 2.17. The third-order valence-electron chi connectivity index (χ3n) is 4.22. The Morgan fingerprint density at radius 1 is 1.14 bits per heavy atom. The fourth-order valence-corrected chi connectivity index (χ4v) is 2.73.